The number of ether oxygens (including phenoxy) is 1. The van der Waals surface area contributed by atoms with Crippen molar-refractivity contribution in [2.75, 3.05) is 13.2 Å². The van der Waals surface area contributed by atoms with Crippen molar-refractivity contribution in [1.29, 1.82) is 0 Å². The molecule has 0 aliphatic rings. The summed E-state index contributed by atoms with van der Waals surface area (Å²) >= 11 is 0. The van der Waals surface area contributed by atoms with Gasteiger partial charge in [0.1, 0.15) is 0 Å². The van der Waals surface area contributed by atoms with Crippen molar-refractivity contribution in [1.82, 2.24) is 5.32 Å². The van der Waals surface area contributed by atoms with Crippen LogP contribution in [-0.2, 0) is 17.8 Å². The molecule has 0 unspecified atom stereocenters. The molecule has 0 spiro atoms. The fourth-order valence-electron chi connectivity index (χ4n) is 2.07. The Labute approximate surface area is 118 Å². The van der Waals surface area contributed by atoms with Crippen LogP contribution >= 0.6 is 0 Å². The Kier molecular flexibility index (Phi) is 8.52. The highest BCUT2D eigenvalue weighted by atomic mass is 16.5. The Hall–Kier alpha value is -0.860. The van der Waals surface area contributed by atoms with E-state index >= 15 is 0 Å². The smallest absolute Gasteiger partial charge is 0.0719 e. The van der Waals surface area contributed by atoms with Gasteiger partial charge in [-0.3, -0.25) is 0 Å². The first-order chi connectivity index (χ1) is 9.24. The molecule has 0 aliphatic heterocycles. The SMILES string of the molecule is CCCCCOCc1ccccc1CCNC(C)C. The summed E-state index contributed by atoms with van der Waals surface area (Å²) in [4.78, 5) is 0. The van der Waals surface area contributed by atoms with Crippen molar-refractivity contribution in [3.8, 4) is 0 Å². The summed E-state index contributed by atoms with van der Waals surface area (Å²) in [7, 11) is 0. The fourth-order valence-corrected chi connectivity index (χ4v) is 2.07. The molecule has 0 bridgehead atoms. The first-order valence-corrected chi connectivity index (χ1v) is 7.62. The number of unbranched alkanes of at least 4 members (excludes halogenated alkanes) is 2. The van der Waals surface area contributed by atoms with Gasteiger partial charge in [0.2, 0.25) is 0 Å². The maximum Gasteiger partial charge on any atom is 0.0719 e. The van der Waals surface area contributed by atoms with E-state index < -0.39 is 0 Å². The van der Waals surface area contributed by atoms with Gasteiger partial charge in [-0.25, -0.2) is 0 Å². The van der Waals surface area contributed by atoms with Gasteiger partial charge in [0, 0.05) is 12.6 Å². The molecule has 1 aromatic carbocycles. The molecule has 0 amide bonds. The lowest BCUT2D eigenvalue weighted by Crippen LogP contribution is -2.25. The molecule has 1 rings (SSSR count). The molecule has 108 valence electrons. The Morgan fingerprint density at radius 1 is 1.11 bits per heavy atom. The summed E-state index contributed by atoms with van der Waals surface area (Å²) in [5, 5.41) is 3.46. The van der Waals surface area contributed by atoms with E-state index in [2.05, 4.69) is 50.4 Å². The third kappa shape index (κ3) is 7.34. The summed E-state index contributed by atoms with van der Waals surface area (Å²) in [6, 6.07) is 9.17. The topological polar surface area (TPSA) is 21.3 Å². The molecule has 0 fully saturated rings. The molecule has 0 aromatic heterocycles. The Balaban J connectivity index is 2.35. The van der Waals surface area contributed by atoms with Gasteiger partial charge in [-0.15, -0.1) is 0 Å². The van der Waals surface area contributed by atoms with E-state index in [1.54, 1.807) is 0 Å². The van der Waals surface area contributed by atoms with Gasteiger partial charge in [-0.2, -0.15) is 0 Å². The molecule has 2 heteroatoms. The van der Waals surface area contributed by atoms with E-state index in [-0.39, 0.29) is 0 Å². The Morgan fingerprint density at radius 2 is 1.84 bits per heavy atom. The molecule has 0 aliphatic carbocycles. The van der Waals surface area contributed by atoms with Crippen LogP contribution in [0.1, 0.15) is 51.2 Å². The third-order valence-corrected chi connectivity index (χ3v) is 3.22. The second kappa shape index (κ2) is 9.99. The Bertz CT molecular complexity index is 336. The molecular weight excluding hydrogens is 234 g/mol. The van der Waals surface area contributed by atoms with Gasteiger partial charge in [0.15, 0.2) is 0 Å². The van der Waals surface area contributed by atoms with E-state index in [1.165, 1.54) is 30.4 Å². The number of rotatable bonds is 10. The van der Waals surface area contributed by atoms with E-state index in [9.17, 15) is 0 Å². The van der Waals surface area contributed by atoms with Crippen LogP contribution < -0.4 is 5.32 Å². The zero-order valence-corrected chi connectivity index (χ0v) is 12.7. The highest BCUT2D eigenvalue weighted by molar-refractivity contribution is 5.26. The predicted octanol–water partition coefficient (Wildman–Crippen LogP) is 3.93. The van der Waals surface area contributed by atoms with Crippen LogP contribution in [0.15, 0.2) is 24.3 Å². The zero-order chi connectivity index (χ0) is 13.9. The molecule has 0 saturated carbocycles. The first kappa shape index (κ1) is 16.2. The van der Waals surface area contributed by atoms with Crippen LogP contribution in [0, 0.1) is 0 Å². The van der Waals surface area contributed by atoms with Crippen molar-refractivity contribution in [3.05, 3.63) is 35.4 Å². The lowest BCUT2D eigenvalue weighted by atomic mass is 10.1. The molecule has 19 heavy (non-hydrogen) atoms. The highest BCUT2D eigenvalue weighted by Gasteiger charge is 2.02. The van der Waals surface area contributed by atoms with Crippen LogP contribution in [0.2, 0.25) is 0 Å². The fraction of sp³-hybridized carbons (Fsp3) is 0.647. The average Bonchev–Trinajstić information content (AvgIpc) is 2.40. The minimum Gasteiger partial charge on any atom is -0.377 e. The van der Waals surface area contributed by atoms with Gasteiger partial charge < -0.3 is 10.1 Å². The minimum atomic E-state index is 0.553. The number of nitrogens with one attached hydrogen (secondary N) is 1. The standard InChI is InChI=1S/C17H29NO/c1-4-5-8-13-19-14-17-10-7-6-9-16(17)11-12-18-15(2)3/h6-7,9-10,15,18H,4-5,8,11-14H2,1-3H3. The van der Waals surface area contributed by atoms with Crippen molar-refractivity contribution in [2.45, 2.75) is 59.1 Å². The summed E-state index contributed by atoms with van der Waals surface area (Å²) < 4.78 is 5.77. The predicted molar refractivity (Wildman–Crippen MR) is 82.5 cm³/mol. The molecule has 2 nitrogen and oxygen atoms in total. The lowest BCUT2D eigenvalue weighted by molar-refractivity contribution is 0.116. The normalized spacial score (nSPS) is 11.2. The molecule has 0 radical (unpaired) electrons. The van der Waals surface area contributed by atoms with Crippen molar-refractivity contribution in [3.63, 3.8) is 0 Å². The lowest BCUT2D eigenvalue weighted by Gasteiger charge is -2.12. The number of hydrogen-bond donors (Lipinski definition) is 1. The quantitative estimate of drug-likeness (QED) is 0.646. The van der Waals surface area contributed by atoms with Gasteiger partial charge >= 0.3 is 0 Å². The molecule has 0 heterocycles. The molecule has 0 saturated heterocycles. The second-order valence-corrected chi connectivity index (χ2v) is 5.39. The molecular formula is C17H29NO. The van der Waals surface area contributed by atoms with Crippen LogP contribution in [0.25, 0.3) is 0 Å². The molecule has 1 aromatic rings. The van der Waals surface area contributed by atoms with E-state index in [0.717, 1.165) is 26.2 Å². The van der Waals surface area contributed by atoms with Crippen molar-refractivity contribution < 1.29 is 4.74 Å². The highest BCUT2D eigenvalue weighted by Crippen LogP contribution is 2.11. The minimum absolute atomic E-state index is 0.553. The van der Waals surface area contributed by atoms with Crippen LogP contribution in [0.4, 0.5) is 0 Å². The summed E-state index contributed by atoms with van der Waals surface area (Å²) in [6.07, 6.45) is 4.76. The summed E-state index contributed by atoms with van der Waals surface area (Å²) in [6.45, 7) is 9.25. The van der Waals surface area contributed by atoms with Gasteiger partial charge in [0.05, 0.1) is 6.61 Å². The average molecular weight is 263 g/mol. The maximum absolute atomic E-state index is 5.77. The van der Waals surface area contributed by atoms with Crippen LogP contribution in [0.5, 0.6) is 0 Å². The number of benzene rings is 1. The third-order valence-electron chi connectivity index (χ3n) is 3.22. The monoisotopic (exact) mass is 263 g/mol. The van der Waals surface area contributed by atoms with E-state index in [0.29, 0.717) is 6.04 Å². The molecule has 0 atom stereocenters. The summed E-state index contributed by atoms with van der Waals surface area (Å²) in [5.74, 6) is 0. The maximum atomic E-state index is 5.77. The second-order valence-electron chi connectivity index (χ2n) is 5.39. The largest absolute Gasteiger partial charge is 0.377 e. The van der Waals surface area contributed by atoms with E-state index in [1.807, 2.05) is 0 Å². The van der Waals surface area contributed by atoms with Gasteiger partial charge in [-0.05, 0) is 30.5 Å². The van der Waals surface area contributed by atoms with E-state index in [4.69, 9.17) is 4.74 Å². The van der Waals surface area contributed by atoms with Crippen molar-refractivity contribution in [2.24, 2.45) is 0 Å². The summed E-state index contributed by atoms with van der Waals surface area (Å²) in [5.41, 5.74) is 2.75. The Morgan fingerprint density at radius 3 is 2.53 bits per heavy atom. The van der Waals surface area contributed by atoms with Crippen LogP contribution in [0.3, 0.4) is 0 Å². The van der Waals surface area contributed by atoms with Crippen LogP contribution in [-0.4, -0.2) is 19.2 Å². The molecule has 1 N–H and O–H groups in total. The first-order valence-electron chi connectivity index (χ1n) is 7.62. The van der Waals surface area contributed by atoms with Crippen molar-refractivity contribution >= 4 is 0 Å². The van der Waals surface area contributed by atoms with Gasteiger partial charge in [0.25, 0.3) is 0 Å². The number of hydrogen-bond acceptors (Lipinski definition) is 2. The van der Waals surface area contributed by atoms with Gasteiger partial charge in [-0.1, -0.05) is 57.9 Å². The zero-order valence-electron chi connectivity index (χ0n) is 12.7.